The van der Waals surface area contributed by atoms with E-state index in [4.69, 9.17) is 14.7 Å². The lowest BCUT2D eigenvalue weighted by Crippen LogP contribution is -2.29. The number of aliphatic hydroxyl groups excluding tert-OH is 1. The minimum absolute atomic E-state index is 0.00400. The van der Waals surface area contributed by atoms with E-state index in [2.05, 4.69) is 0 Å². The van der Waals surface area contributed by atoms with Gasteiger partial charge in [-0.15, -0.1) is 11.3 Å². The van der Waals surface area contributed by atoms with Crippen LogP contribution in [-0.4, -0.2) is 23.6 Å². The van der Waals surface area contributed by atoms with Crippen LogP contribution in [0.2, 0.25) is 0 Å². The molecule has 3 aromatic rings. The molecule has 1 unspecified atom stereocenters. The molecule has 5 rings (SSSR count). The van der Waals surface area contributed by atoms with Gasteiger partial charge in [0.05, 0.1) is 17.2 Å². The molecule has 1 fully saturated rings. The lowest BCUT2D eigenvalue weighted by molar-refractivity contribution is -0.132. The van der Waals surface area contributed by atoms with Crippen LogP contribution in [0.3, 0.4) is 0 Å². The van der Waals surface area contributed by atoms with Crippen molar-refractivity contribution in [3.05, 3.63) is 81.6 Å². The average Bonchev–Trinajstić information content (AvgIpc) is 3.53. The van der Waals surface area contributed by atoms with Gasteiger partial charge in [0.25, 0.3) is 11.7 Å². The van der Waals surface area contributed by atoms with Gasteiger partial charge < -0.3 is 14.6 Å². The Morgan fingerprint density at radius 1 is 1.10 bits per heavy atom. The fraction of sp³-hybridized carbons (Fsp3) is 0.0870. The Labute approximate surface area is 181 Å². The third-order valence-corrected chi connectivity index (χ3v) is 6.10. The van der Waals surface area contributed by atoms with Crippen LogP contribution in [0.4, 0.5) is 5.69 Å². The number of aliphatic hydroxyl groups is 1. The number of ether oxygens (including phenoxy) is 2. The Morgan fingerprint density at radius 3 is 2.58 bits per heavy atom. The van der Waals surface area contributed by atoms with Crippen molar-refractivity contribution >= 4 is 34.5 Å². The van der Waals surface area contributed by atoms with E-state index in [0.29, 0.717) is 28.3 Å². The van der Waals surface area contributed by atoms with Gasteiger partial charge >= 0.3 is 0 Å². The molecule has 7 nitrogen and oxygen atoms in total. The molecule has 0 aliphatic carbocycles. The molecular weight excluding hydrogens is 416 g/mol. The molecule has 31 heavy (non-hydrogen) atoms. The standard InChI is InChI=1S/C23H14N2O5S/c24-11-13-3-6-15(7-4-13)25-20(18-2-1-9-31-18)19(22(27)23(25)28)21(26)14-5-8-16-17(10-14)30-12-29-16/h1-10,20,26H,12H2/b21-19-. The van der Waals surface area contributed by atoms with Gasteiger partial charge in [0, 0.05) is 16.1 Å². The number of carbonyl (C=O) groups excluding carboxylic acids is 2. The summed E-state index contributed by atoms with van der Waals surface area (Å²) in [6.45, 7) is 0.0812. The Bertz CT molecular complexity index is 1270. The number of amides is 1. The zero-order chi connectivity index (χ0) is 21.5. The monoisotopic (exact) mass is 430 g/mol. The van der Waals surface area contributed by atoms with Crippen molar-refractivity contribution in [3.8, 4) is 17.6 Å². The van der Waals surface area contributed by atoms with Gasteiger partial charge in [0.2, 0.25) is 6.79 Å². The molecule has 2 aliphatic rings. The fourth-order valence-electron chi connectivity index (χ4n) is 3.71. The maximum absolute atomic E-state index is 13.1. The van der Waals surface area contributed by atoms with E-state index in [9.17, 15) is 14.7 Å². The maximum atomic E-state index is 13.1. The van der Waals surface area contributed by atoms with E-state index in [1.807, 2.05) is 23.6 Å². The second-order valence-corrected chi connectivity index (χ2v) is 7.89. The van der Waals surface area contributed by atoms with Crippen molar-refractivity contribution in [1.82, 2.24) is 0 Å². The minimum atomic E-state index is -0.793. The largest absolute Gasteiger partial charge is 0.507 e. The molecule has 0 saturated carbocycles. The number of ketones is 1. The molecule has 1 saturated heterocycles. The van der Waals surface area contributed by atoms with Crippen molar-refractivity contribution in [3.63, 3.8) is 0 Å². The van der Waals surface area contributed by atoms with Gasteiger partial charge in [-0.05, 0) is 53.9 Å². The highest BCUT2D eigenvalue weighted by Crippen LogP contribution is 2.44. The SMILES string of the molecule is N#Cc1ccc(N2C(=O)C(=O)/C(=C(\O)c3ccc4c(c3)OCO4)C2c2cccs2)cc1. The van der Waals surface area contributed by atoms with Crippen molar-refractivity contribution in [2.45, 2.75) is 6.04 Å². The molecule has 1 N–H and O–H groups in total. The highest BCUT2D eigenvalue weighted by molar-refractivity contribution is 7.10. The van der Waals surface area contributed by atoms with E-state index in [0.717, 1.165) is 4.88 Å². The normalized spacial score (nSPS) is 18.9. The number of benzene rings is 2. The molecule has 1 aromatic heterocycles. The summed E-state index contributed by atoms with van der Waals surface area (Å²) in [5, 5.41) is 22.0. The van der Waals surface area contributed by atoms with Crippen molar-refractivity contribution < 1.29 is 24.2 Å². The van der Waals surface area contributed by atoms with Crippen LogP contribution in [0, 0.1) is 11.3 Å². The molecule has 152 valence electrons. The molecule has 2 aliphatic heterocycles. The summed E-state index contributed by atoms with van der Waals surface area (Å²) >= 11 is 1.38. The zero-order valence-electron chi connectivity index (χ0n) is 15.9. The molecule has 2 aromatic carbocycles. The molecule has 1 atom stereocenters. The van der Waals surface area contributed by atoms with E-state index in [-0.39, 0.29) is 18.1 Å². The average molecular weight is 430 g/mol. The van der Waals surface area contributed by atoms with Crippen LogP contribution in [0.1, 0.15) is 22.0 Å². The Hall–Kier alpha value is -4.09. The summed E-state index contributed by atoms with van der Waals surface area (Å²) in [5.41, 5.74) is 1.25. The van der Waals surface area contributed by atoms with E-state index >= 15 is 0 Å². The van der Waals surface area contributed by atoms with E-state index in [1.54, 1.807) is 42.5 Å². The Balaban J connectivity index is 1.67. The van der Waals surface area contributed by atoms with Crippen LogP contribution in [0.25, 0.3) is 5.76 Å². The number of hydrogen-bond acceptors (Lipinski definition) is 7. The molecule has 0 bridgehead atoms. The highest BCUT2D eigenvalue weighted by atomic mass is 32.1. The molecule has 1 amide bonds. The van der Waals surface area contributed by atoms with Crippen LogP contribution in [0.5, 0.6) is 11.5 Å². The number of nitrogens with zero attached hydrogens (tertiary/aromatic N) is 2. The predicted molar refractivity (Wildman–Crippen MR) is 113 cm³/mol. The number of anilines is 1. The van der Waals surface area contributed by atoms with E-state index < -0.39 is 17.7 Å². The number of hydrogen-bond donors (Lipinski definition) is 1. The zero-order valence-corrected chi connectivity index (χ0v) is 16.8. The van der Waals surface area contributed by atoms with Crippen LogP contribution in [0.15, 0.2) is 65.6 Å². The van der Waals surface area contributed by atoms with Gasteiger partial charge in [-0.2, -0.15) is 5.26 Å². The first kappa shape index (κ1) is 18.9. The summed E-state index contributed by atoms with van der Waals surface area (Å²) in [6.07, 6.45) is 0. The highest BCUT2D eigenvalue weighted by Gasteiger charge is 2.47. The predicted octanol–water partition coefficient (Wildman–Crippen LogP) is 3.97. The number of Topliss-reactive ketones (excluding diaryl/α,β-unsaturated/α-hetero) is 1. The van der Waals surface area contributed by atoms with Crippen LogP contribution >= 0.6 is 11.3 Å². The summed E-state index contributed by atoms with van der Waals surface area (Å²) in [7, 11) is 0. The van der Waals surface area contributed by atoms with Gasteiger partial charge in [-0.1, -0.05) is 6.07 Å². The molecule has 0 spiro atoms. The second kappa shape index (κ2) is 7.31. The lowest BCUT2D eigenvalue weighted by atomic mass is 9.99. The van der Waals surface area contributed by atoms with Gasteiger partial charge in [0.15, 0.2) is 11.5 Å². The Morgan fingerprint density at radius 2 is 1.87 bits per heavy atom. The maximum Gasteiger partial charge on any atom is 0.300 e. The number of nitriles is 1. The topological polar surface area (TPSA) is 99.9 Å². The van der Waals surface area contributed by atoms with Gasteiger partial charge in [0.1, 0.15) is 11.8 Å². The van der Waals surface area contributed by atoms with Crippen LogP contribution in [-0.2, 0) is 9.59 Å². The lowest BCUT2D eigenvalue weighted by Gasteiger charge is -2.24. The first-order chi connectivity index (χ1) is 15.1. The van der Waals surface area contributed by atoms with Crippen molar-refractivity contribution in [1.29, 1.82) is 5.26 Å². The summed E-state index contributed by atoms with van der Waals surface area (Å²) in [6, 6.07) is 16.1. The van der Waals surface area contributed by atoms with Gasteiger partial charge in [-0.3, -0.25) is 14.5 Å². The summed E-state index contributed by atoms with van der Waals surface area (Å²) in [5.74, 6) is -0.808. The summed E-state index contributed by atoms with van der Waals surface area (Å²) < 4.78 is 10.7. The van der Waals surface area contributed by atoms with Crippen molar-refractivity contribution in [2.24, 2.45) is 0 Å². The summed E-state index contributed by atoms with van der Waals surface area (Å²) in [4.78, 5) is 28.2. The molecule has 0 radical (unpaired) electrons. The van der Waals surface area contributed by atoms with Gasteiger partial charge in [-0.25, -0.2) is 0 Å². The molecular formula is C23H14N2O5S. The number of rotatable bonds is 3. The second-order valence-electron chi connectivity index (χ2n) is 6.91. The third kappa shape index (κ3) is 3.03. The molecule has 3 heterocycles. The Kier molecular flexibility index (Phi) is 4.46. The molecule has 8 heteroatoms. The van der Waals surface area contributed by atoms with E-state index in [1.165, 1.54) is 16.2 Å². The van der Waals surface area contributed by atoms with Crippen molar-refractivity contribution in [2.75, 3.05) is 11.7 Å². The first-order valence-electron chi connectivity index (χ1n) is 9.33. The minimum Gasteiger partial charge on any atom is -0.507 e. The number of fused-ring (bicyclic) bond motifs is 1. The number of thiophene rings is 1. The number of carbonyl (C=O) groups is 2. The van der Waals surface area contributed by atoms with Crippen LogP contribution < -0.4 is 14.4 Å². The smallest absolute Gasteiger partial charge is 0.300 e. The fourth-order valence-corrected chi connectivity index (χ4v) is 4.53. The first-order valence-corrected chi connectivity index (χ1v) is 10.2. The third-order valence-electron chi connectivity index (χ3n) is 5.18. The quantitative estimate of drug-likeness (QED) is 0.383.